The van der Waals surface area contributed by atoms with Crippen LogP contribution in [0.3, 0.4) is 0 Å². The van der Waals surface area contributed by atoms with E-state index in [9.17, 15) is 14.4 Å². The van der Waals surface area contributed by atoms with Gasteiger partial charge in [0.2, 0.25) is 5.91 Å². The summed E-state index contributed by atoms with van der Waals surface area (Å²) in [4.78, 5) is 45.3. The first kappa shape index (κ1) is 17.9. The van der Waals surface area contributed by atoms with Crippen LogP contribution in [-0.2, 0) is 9.59 Å². The number of amides is 4. The molecule has 0 radical (unpaired) electrons. The number of hydrogen-bond acceptors (Lipinski definition) is 5. The molecule has 0 aromatic carbocycles. The predicted molar refractivity (Wildman–Crippen MR) is 97.6 cm³/mol. The van der Waals surface area contributed by atoms with E-state index in [0.717, 1.165) is 29.7 Å². The van der Waals surface area contributed by atoms with E-state index in [2.05, 4.69) is 15.6 Å². The maximum absolute atomic E-state index is 13.0. The summed E-state index contributed by atoms with van der Waals surface area (Å²) in [5, 5.41) is 6.16. The van der Waals surface area contributed by atoms with Gasteiger partial charge in [-0.15, -0.1) is 0 Å². The quantitative estimate of drug-likeness (QED) is 0.767. The molecule has 8 nitrogen and oxygen atoms in total. The van der Waals surface area contributed by atoms with Crippen LogP contribution in [0, 0.1) is 0 Å². The van der Waals surface area contributed by atoms with Gasteiger partial charge in [0.15, 0.2) is 0 Å². The molecule has 3 fully saturated rings. The average Bonchev–Trinajstić information content (AvgIpc) is 2.93. The summed E-state index contributed by atoms with van der Waals surface area (Å²) in [5.41, 5.74) is 0.154. The van der Waals surface area contributed by atoms with E-state index in [1.807, 2.05) is 12.1 Å². The second-order valence-corrected chi connectivity index (χ2v) is 7.56. The molecule has 1 unspecified atom stereocenters. The Morgan fingerprint density at radius 3 is 2.81 bits per heavy atom. The van der Waals surface area contributed by atoms with E-state index in [0.29, 0.717) is 32.5 Å². The van der Waals surface area contributed by atoms with Gasteiger partial charge in [0.05, 0.1) is 6.04 Å². The van der Waals surface area contributed by atoms with E-state index < -0.39 is 11.6 Å². The lowest BCUT2D eigenvalue weighted by atomic mass is 9.82. The fraction of sp³-hybridized carbons (Fsp3) is 0.579. The Kier molecular flexibility index (Phi) is 4.82. The first-order chi connectivity index (χ1) is 13.1. The number of urea groups is 1. The maximum Gasteiger partial charge on any atom is 0.325 e. The number of nitrogens with one attached hydrogen (secondary N) is 2. The zero-order valence-corrected chi connectivity index (χ0v) is 15.3. The van der Waals surface area contributed by atoms with Crippen LogP contribution < -0.4 is 10.6 Å². The second kappa shape index (κ2) is 7.26. The summed E-state index contributed by atoms with van der Waals surface area (Å²) < 4.78 is 0. The Hall–Kier alpha value is -2.48. The lowest BCUT2D eigenvalue weighted by molar-refractivity contribution is -0.141. The van der Waals surface area contributed by atoms with Crippen molar-refractivity contribution in [2.45, 2.75) is 43.7 Å². The molecule has 4 rings (SSSR count). The lowest BCUT2D eigenvalue weighted by Gasteiger charge is -2.37. The normalized spacial score (nSPS) is 25.0. The highest BCUT2D eigenvalue weighted by Gasteiger charge is 2.52. The molecule has 1 aromatic heterocycles. The van der Waals surface area contributed by atoms with E-state index in [4.69, 9.17) is 0 Å². The Morgan fingerprint density at radius 1 is 1.26 bits per heavy atom. The Bertz CT molecular complexity index is 732. The third kappa shape index (κ3) is 3.29. The molecule has 8 heteroatoms. The largest absolute Gasteiger partial charge is 0.331 e. The smallest absolute Gasteiger partial charge is 0.325 e. The highest BCUT2D eigenvalue weighted by atomic mass is 16.2. The van der Waals surface area contributed by atoms with Crippen molar-refractivity contribution in [2.75, 3.05) is 26.2 Å². The second-order valence-electron chi connectivity index (χ2n) is 7.56. The Morgan fingerprint density at radius 2 is 2.07 bits per heavy atom. The number of pyridine rings is 1. The summed E-state index contributed by atoms with van der Waals surface area (Å²) >= 11 is 0. The maximum atomic E-state index is 13.0. The molecular weight excluding hydrogens is 346 g/mol. The van der Waals surface area contributed by atoms with Crippen LogP contribution in [0.5, 0.6) is 0 Å². The summed E-state index contributed by atoms with van der Waals surface area (Å²) in [7, 11) is 0. The molecule has 2 aliphatic heterocycles. The first-order valence-electron chi connectivity index (χ1n) is 9.65. The average molecular weight is 371 g/mol. The van der Waals surface area contributed by atoms with Crippen molar-refractivity contribution in [3.8, 4) is 0 Å². The van der Waals surface area contributed by atoms with Crippen molar-refractivity contribution in [1.82, 2.24) is 25.4 Å². The van der Waals surface area contributed by atoms with Crippen molar-refractivity contribution in [2.24, 2.45) is 0 Å². The Labute approximate surface area is 158 Å². The third-order valence-corrected chi connectivity index (χ3v) is 5.88. The van der Waals surface area contributed by atoms with Crippen molar-refractivity contribution >= 4 is 17.8 Å². The molecule has 144 valence electrons. The summed E-state index contributed by atoms with van der Waals surface area (Å²) in [6, 6.07) is 3.19. The molecule has 1 atom stereocenters. The van der Waals surface area contributed by atoms with E-state index >= 15 is 0 Å². The van der Waals surface area contributed by atoms with E-state index in [-0.39, 0.29) is 24.4 Å². The highest BCUT2D eigenvalue weighted by molar-refractivity contribution is 6.09. The molecule has 1 spiro atoms. The molecule has 27 heavy (non-hydrogen) atoms. The fourth-order valence-electron chi connectivity index (χ4n) is 4.41. The summed E-state index contributed by atoms with van der Waals surface area (Å²) in [5.74, 6) is -0.449. The minimum Gasteiger partial charge on any atom is -0.331 e. The van der Waals surface area contributed by atoms with Crippen molar-refractivity contribution in [3.63, 3.8) is 0 Å². The molecule has 2 saturated heterocycles. The Balaban J connectivity index is 1.49. The first-order valence-corrected chi connectivity index (χ1v) is 9.65. The van der Waals surface area contributed by atoms with Crippen LogP contribution in [0.2, 0.25) is 0 Å². The van der Waals surface area contributed by atoms with Crippen LogP contribution >= 0.6 is 0 Å². The molecule has 3 aliphatic rings. The molecule has 1 saturated carbocycles. The third-order valence-electron chi connectivity index (χ3n) is 5.88. The zero-order valence-electron chi connectivity index (χ0n) is 15.3. The number of carbonyl (C=O) groups is 3. The molecular formula is C19H25N5O3. The minimum absolute atomic E-state index is 0.149. The standard InChI is InChI=1S/C19H25N5O3/c25-16(23-10-9-21-12-15(23)14-5-4-8-20-11-14)13-24-17(26)19(22-18(24)27)6-2-1-3-7-19/h4-5,8,11,15,21H,1-3,6-7,9-10,12-13H2,(H,22,27). The van der Waals surface area contributed by atoms with Gasteiger partial charge in [-0.3, -0.25) is 19.5 Å². The van der Waals surface area contributed by atoms with Gasteiger partial charge < -0.3 is 15.5 Å². The van der Waals surface area contributed by atoms with Crippen molar-refractivity contribution in [1.29, 1.82) is 0 Å². The molecule has 2 N–H and O–H groups in total. The highest BCUT2D eigenvalue weighted by Crippen LogP contribution is 2.33. The van der Waals surface area contributed by atoms with Crippen molar-refractivity contribution in [3.05, 3.63) is 30.1 Å². The van der Waals surface area contributed by atoms with Gasteiger partial charge in [0.25, 0.3) is 5.91 Å². The molecule has 1 aromatic rings. The van der Waals surface area contributed by atoms with Crippen molar-refractivity contribution < 1.29 is 14.4 Å². The number of hydrogen-bond donors (Lipinski definition) is 2. The number of imide groups is 1. The SMILES string of the molecule is O=C1NC2(CCCCC2)C(=O)N1CC(=O)N1CCNCC1c1cccnc1. The van der Waals surface area contributed by atoms with Crippen LogP contribution in [0.15, 0.2) is 24.5 Å². The van der Waals surface area contributed by atoms with Gasteiger partial charge >= 0.3 is 6.03 Å². The van der Waals surface area contributed by atoms with Gasteiger partial charge in [0.1, 0.15) is 12.1 Å². The van der Waals surface area contributed by atoms with Gasteiger partial charge in [-0.25, -0.2) is 4.79 Å². The van der Waals surface area contributed by atoms with Gasteiger partial charge in [-0.1, -0.05) is 25.3 Å². The van der Waals surface area contributed by atoms with Gasteiger partial charge in [-0.2, -0.15) is 0 Å². The van der Waals surface area contributed by atoms with Gasteiger partial charge in [0, 0.05) is 32.0 Å². The number of piperazine rings is 1. The topological polar surface area (TPSA) is 94.6 Å². The summed E-state index contributed by atoms with van der Waals surface area (Å²) in [6.07, 6.45) is 7.70. The monoisotopic (exact) mass is 371 g/mol. The molecule has 0 bridgehead atoms. The summed E-state index contributed by atoms with van der Waals surface area (Å²) in [6.45, 7) is 1.64. The zero-order chi connectivity index (χ0) is 18.9. The minimum atomic E-state index is -0.790. The van der Waals surface area contributed by atoms with Crippen LogP contribution in [0.1, 0.15) is 43.7 Å². The molecule has 3 heterocycles. The van der Waals surface area contributed by atoms with Crippen LogP contribution in [-0.4, -0.2) is 64.3 Å². The van der Waals surface area contributed by atoms with Gasteiger partial charge in [-0.05, 0) is 24.5 Å². The lowest BCUT2D eigenvalue weighted by Crippen LogP contribution is -2.52. The number of nitrogens with zero attached hydrogens (tertiary/aromatic N) is 3. The number of carbonyl (C=O) groups excluding carboxylic acids is 3. The predicted octanol–water partition coefficient (Wildman–Crippen LogP) is 0.809. The van der Waals surface area contributed by atoms with E-state index in [1.165, 1.54) is 0 Å². The molecule has 1 aliphatic carbocycles. The number of aromatic nitrogens is 1. The van der Waals surface area contributed by atoms with E-state index in [1.54, 1.807) is 17.3 Å². The van der Waals surface area contributed by atoms with Crippen LogP contribution in [0.4, 0.5) is 4.79 Å². The molecule has 4 amide bonds. The fourth-order valence-corrected chi connectivity index (χ4v) is 4.41. The van der Waals surface area contributed by atoms with Crippen LogP contribution in [0.25, 0.3) is 0 Å². The number of rotatable bonds is 3.